The standard InChI is InChI=1S/C20H19ClN2O4/c1-3-10-23-17-9-6-15(11-18(17)27-13(2)20(23)25)22-19(24)12-26-16-7-4-14(21)5-8-16/h3-9,11,13H,1,10,12H2,2H3,(H,22,24). The molecule has 1 unspecified atom stereocenters. The summed E-state index contributed by atoms with van der Waals surface area (Å²) < 4.78 is 11.1. The summed E-state index contributed by atoms with van der Waals surface area (Å²) in [4.78, 5) is 26.0. The van der Waals surface area contributed by atoms with Gasteiger partial charge in [-0.3, -0.25) is 9.59 Å². The Hall–Kier alpha value is -2.99. The van der Waals surface area contributed by atoms with Gasteiger partial charge in [0.2, 0.25) is 0 Å². The van der Waals surface area contributed by atoms with Gasteiger partial charge in [-0.2, -0.15) is 0 Å². The summed E-state index contributed by atoms with van der Waals surface area (Å²) in [7, 11) is 0. The smallest absolute Gasteiger partial charge is 0.268 e. The highest BCUT2D eigenvalue weighted by molar-refractivity contribution is 6.30. The Bertz CT molecular complexity index is 867. The summed E-state index contributed by atoms with van der Waals surface area (Å²) in [5.74, 6) is 0.638. The fourth-order valence-electron chi connectivity index (χ4n) is 2.68. The van der Waals surface area contributed by atoms with Crippen LogP contribution in [-0.4, -0.2) is 31.1 Å². The van der Waals surface area contributed by atoms with E-state index in [2.05, 4.69) is 11.9 Å². The van der Waals surface area contributed by atoms with Crippen molar-refractivity contribution in [2.24, 2.45) is 0 Å². The Balaban J connectivity index is 1.66. The number of benzene rings is 2. The highest BCUT2D eigenvalue weighted by atomic mass is 35.5. The molecule has 1 aliphatic rings. The Morgan fingerprint density at radius 2 is 2.07 bits per heavy atom. The lowest BCUT2D eigenvalue weighted by Crippen LogP contribution is -2.44. The SMILES string of the molecule is C=CCN1C(=O)C(C)Oc2cc(NC(=O)COc3ccc(Cl)cc3)ccc21. The molecule has 2 aromatic carbocycles. The minimum absolute atomic E-state index is 0.129. The first kappa shape index (κ1) is 18.8. The zero-order valence-corrected chi connectivity index (χ0v) is 15.5. The summed E-state index contributed by atoms with van der Waals surface area (Å²) in [6, 6.07) is 11.9. The molecular formula is C20H19ClN2O4. The lowest BCUT2D eigenvalue weighted by atomic mass is 10.1. The molecule has 0 aliphatic carbocycles. The normalized spacial score (nSPS) is 15.6. The van der Waals surface area contributed by atoms with E-state index >= 15 is 0 Å². The van der Waals surface area contributed by atoms with Crippen LogP contribution in [-0.2, 0) is 9.59 Å². The third-order valence-corrected chi connectivity index (χ3v) is 4.20. The maximum absolute atomic E-state index is 12.2. The molecule has 0 fully saturated rings. The van der Waals surface area contributed by atoms with E-state index in [0.29, 0.717) is 34.4 Å². The molecule has 3 rings (SSSR count). The van der Waals surface area contributed by atoms with Crippen molar-refractivity contribution in [3.05, 3.63) is 60.1 Å². The molecule has 1 atom stereocenters. The van der Waals surface area contributed by atoms with Crippen LogP contribution in [0.5, 0.6) is 11.5 Å². The van der Waals surface area contributed by atoms with Crippen LogP contribution in [0.15, 0.2) is 55.1 Å². The molecule has 0 bridgehead atoms. The van der Waals surface area contributed by atoms with Crippen LogP contribution in [0.2, 0.25) is 5.02 Å². The van der Waals surface area contributed by atoms with Crippen LogP contribution in [0.4, 0.5) is 11.4 Å². The number of nitrogens with zero attached hydrogens (tertiary/aromatic N) is 1. The van der Waals surface area contributed by atoms with Gasteiger partial charge in [0, 0.05) is 23.3 Å². The second-order valence-corrected chi connectivity index (χ2v) is 6.41. The van der Waals surface area contributed by atoms with E-state index in [9.17, 15) is 9.59 Å². The Labute approximate surface area is 162 Å². The number of fused-ring (bicyclic) bond motifs is 1. The van der Waals surface area contributed by atoms with E-state index in [-0.39, 0.29) is 18.4 Å². The molecule has 6 nitrogen and oxygen atoms in total. The van der Waals surface area contributed by atoms with Gasteiger partial charge in [-0.25, -0.2) is 0 Å². The van der Waals surface area contributed by atoms with E-state index < -0.39 is 6.10 Å². The van der Waals surface area contributed by atoms with Crippen molar-refractivity contribution in [2.75, 3.05) is 23.4 Å². The number of hydrogen-bond donors (Lipinski definition) is 1. The van der Waals surface area contributed by atoms with Crippen molar-refractivity contribution in [3.8, 4) is 11.5 Å². The molecule has 2 aromatic rings. The number of rotatable bonds is 6. The first-order valence-electron chi connectivity index (χ1n) is 8.39. The minimum Gasteiger partial charge on any atom is -0.484 e. The van der Waals surface area contributed by atoms with Crippen LogP contribution in [0.1, 0.15) is 6.92 Å². The molecule has 7 heteroatoms. The number of nitrogens with one attached hydrogen (secondary N) is 1. The third-order valence-electron chi connectivity index (χ3n) is 3.95. The fraction of sp³-hybridized carbons (Fsp3) is 0.200. The molecule has 140 valence electrons. The van der Waals surface area contributed by atoms with Gasteiger partial charge in [0.15, 0.2) is 12.7 Å². The van der Waals surface area contributed by atoms with Crippen molar-refractivity contribution in [3.63, 3.8) is 0 Å². The third kappa shape index (κ3) is 4.41. The summed E-state index contributed by atoms with van der Waals surface area (Å²) in [5.41, 5.74) is 1.20. The summed E-state index contributed by atoms with van der Waals surface area (Å²) in [6.07, 6.45) is 1.06. The van der Waals surface area contributed by atoms with Gasteiger partial charge in [-0.15, -0.1) is 6.58 Å². The summed E-state index contributed by atoms with van der Waals surface area (Å²) in [5, 5.41) is 3.35. The Morgan fingerprint density at radius 3 is 2.78 bits per heavy atom. The van der Waals surface area contributed by atoms with E-state index in [0.717, 1.165) is 0 Å². The highest BCUT2D eigenvalue weighted by Crippen LogP contribution is 2.36. The van der Waals surface area contributed by atoms with Crippen LogP contribution in [0, 0.1) is 0 Å². The van der Waals surface area contributed by atoms with E-state index in [1.807, 2.05) is 0 Å². The molecule has 0 aromatic heterocycles. The van der Waals surface area contributed by atoms with E-state index in [1.165, 1.54) is 0 Å². The first-order chi connectivity index (χ1) is 13.0. The Morgan fingerprint density at radius 1 is 1.33 bits per heavy atom. The summed E-state index contributed by atoms with van der Waals surface area (Å²) in [6.45, 7) is 5.62. The zero-order valence-electron chi connectivity index (χ0n) is 14.8. The predicted octanol–water partition coefficient (Wildman–Crippen LogP) is 3.66. The quantitative estimate of drug-likeness (QED) is 0.769. The van der Waals surface area contributed by atoms with Gasteiger partial charge < -0.3 is 19.7 Å². The first-order valence-corrected chi connectivity index (χ1v) is 8.77. The van der Waals surface area contributed by atoms with Crippen LogP contribution in [0.25, 0.3) is 0 Å². The van der Waals surface area contributed by atoms with Crippen molar-refractivity contribution >= 4 is 34.8 Å². The number of ether oxygens (including phenoxy) is 2. The number of amides is 2. The van der Waals surface area contributed by atoms with Crippen LogP contribution < -0.4 is 19.7 Å². The predicted molar refractivity (Wildman–Crippen MR) is 105 cm³/mol. The van der Waals surface area contributed by atoms with E-state index in [4.69, 9.17) is 21.1 Å². The van der Waals surface area contributed by atoms with Gasteiger partial charge in [0.05, 0.1) is 5.69 Å². The maximum atomic E-state index is 12.2. The van der Waals surface area contributed by atoms with Crippen molar-refractivity contribution < 1.29 is 19.1 Å². The number of halogens is 1. The van der Waals surface area contributed by atoms with Gasteiger partial charge >= 0.3 is 0 Å². The monoisotopic (exact) mass is 386 g/mol. The zero-order chi connectivity index (χ0) is 19.4. The van der Waals surface area contributed by atoms with Crippen molar-refractivity contribution in [1.29, 1.82) is 0 Å². The van der Waals surface area contributed by atoms with Gasteiger partial charge in [0.1, 0.15) is 11.5 Å². The average Bonchev–Trinajstić information content (AvgIpc) is 2.65. The van der Waals surface area contributed by atoms with Crippen LogP contribution >= 0.6 is 11.6 Å². The van der Waals surface area contributed by atoms with Crippen molar-refractivity contribution in [1.82, 2.24) is 0 Å². The maximum Gasteiger partial charge on any atom is 0.268 e. The van der Waals surface area contributed by atoms with Crippen molar-refractivity contribution in [2.45, 2.75) is 13.0 Å². The van der Waals surface area contributed by atoms with E-state index in [1.54, 1.807) is 60.4 Å². The number of hydrogen-bond acceptors (Lipinski definition) is 4. The topological polar surface area (TPSA) is 67.9 Å². The molecule has 0 saturated carbocycles. The lowest BCUT2D eigenvalue weighted by Gasteiger charge is -2.32. The lowest BCUT2D eigenvalue weighted by molar-refractivity contribution is -0.125. The van der Waals surface area contributed by atoms with Gasteiger partial charge in [-0.05, 0) is 43.3 Å². The molecular weight excluding hydrogens is 368 g/mol. The van der Waals surface area contributed by atoms with Crippen LogP contribution in [0.3, 0.4) is 0 Å². The molecule has 27 heavy (non-hydrogen) atoms. The molecule has 2 amide bonds. The Kier molecular flexibility index (Phi) is 5.66. The number of carbonyl (C=O) groups excluding carboxylic acids is 2. The largest absolute Gasteiger partial charge is 0.484 e. The molecule has 1 heterocycles. The highest BCUT2D eigenvalue weighted by Gasteiger charge is 2.30. The number of anilines is 2. The molecule has 1 aliphatic heterocycles. The van der Waals surface area contributed by atoms with Gasteiger partial charge in [-0.1, -0.05) is 17.7 Å². The molecule has 0 saturated heterocycles. The molecule has 0 radical (unpaired) electrons. The average molecular weight is 387 g/mol. The minimum atomic E-state index is -0.600. The second-order valence-electron chi connectivity index (χ2n) is 5.97. The fourth-order valence-corrected chi connectivity index (χ4v) is 2.81. The second kappa shape index (κ2) is 8.14. The molecule has 1 N–H and O–H groups in total. The van der Waals surface area contributed by atoms with Gasteiger partial charge in [0.25, 0.3) is 11.8 Å². The number of carbonyl (C=O) groups is 2. The molecule has 0 spiro atoms. The summed E-state index contributed by atoms with van der Waals surface area (Å²) >= 11 is 5.81.